The molecule has 0 atom stereocenters. The van der Waals surface area contributed by atoms with Crippen molar-refractivity contribution in [3.05, 3.63) is 74.4 Å². The molecule has 3 aromatic rings. The molecule has 140 valence electrons. The topological polar surface area (TPSA) is 107 Å². The van der Waals surface area contributed by atoms with Crippen molar-refractivity contribution in [2.45, 2.75) is 11.8 Å². The Morgan fingerprint density at radius 2 is 1.74 bits per heavy atom. The van der Waals surface area contributed by atoms with E-state index in [0.717, 1.165) is 0 Å². The van der Waals surface area contributed by atoms with Crippen LogP contribution in [0.15, 0.2) is 53.4 Å². The maximum absolute atomic E-state index is 12.7. The number of aryl methyl sites for hydroxylation is 1. The number of nitro groups is 1. The van der Waals surface area contributed by atoms with E-state index in [1.807, 2.05) is 0 Å². The predicted molar refractivity (Wildman–Crippen MR) is 102 cm³/mol. The van der Waals surface area contributed by atoms with Crippen LogP contribution in [0.3, 0.4) is 0 Å². The van der Waals surface area contributed by atoms with Gasteiger partial charge in [0.1, 0.15) is 5.82 Å². The molecule has 0 fully saturated rings. The summed E-state index contributed by atoms with van der Waals surface area (Å²) in [6, 6.07) is 11.1. The molecule has 3 rings (SSSR count). The van der Waals surface area contributed by atoms with Gasteiger partial charge >= 0.3 is 0 Å². The monoisotopic (exact) mass is 426 g/mol. The van der Waals surface area contributed by atoms with Crippen molar-refractivity contribution < 1.29 is 13.3 Å². The fraction of sp³-hybridized carbons (Fsp3) is 0.0625. The molecule has 0 aliphatic carbocycles. The molecule has 0 radical (unpaired) electrons. The molecule has 0 aliphatic rings. The van der Waals surface area contributed by atoms with Crippen LogP contribution < -0.4 is 4.72 Å². The number of nitrogens with one attached hydrogen (secondary N) is 1. The van der Waals surface area contributed by atoms with Gasteiger partial charge in [-0.3, -0.25) is 14.8 Å². The van der Waals surface area contributed by atoms with Crippen molar-refractivity contribution in [2.75, 3.05) is 4.72 Å². The highest BCUT2D eigenvalue weighted by atomic mass is 35.5. The molecule has 11 heteroatoms. The van der Waals surface area contributed by atoms with Gasteiger partial charge in [0.25, 0.3) is 15.7 Å². The van der Waals surface area contributed by atoms with Gasteiger partial charge in [-0.25, -0.2) is 13.1 Å². The number of nitro benzene ring substituents is 1. The molecule has 0 aliphatic heterocycles. The van der Waals surface area contributed by atoms with Crippen LogP contribution in [0.25, 0.3) is 5.69 Å². The van der Waals surface area contributed by atoms with E-state index >= 15 is 0 Å². The third-order valence-electron chi connectivity index (χ3n) is 3.58. The van der Waals surface area contributed by atoms with Crippen molar-refractivity contribution in [3.8, 4) is 5.69 Å². The number of nitrogens with zero attached hydrogens (tertiary/aromatic N) is 3. The van der Waals surface area contributed by atoms with Gasteiger partial charge in [0, 0.05) is 18.2 Å². The molecule has 2 aromatic carbocycles. The summed E-state index contributed by atoms with van der Waals surface area (Å²) in [7, 11) is -3.95. The average molecular weight is 427 g/mol. The normalized spacial score (nSPS) is 11.4. The molecule has 0 saturated heterocycles. The highest BCUT2D eigenvalue weighted by molar-refractivity contribution is 7.92. The second-order valence-corrected chi connectivity index (χ2v) is 8.03. The van der Waals surface area contributed by atoms with Gasteiger partial charge in [-0.05, 0) is 37.3 Å². The van der Waals surface area contributed by atoms with Crippen molar-refractivity contribution in [1.29, 1.82) is 0 Å². The van der Waals surface area contributed by atoms with Crippen LogP contribution in [-0.2, 0) is 10.0 Å². The fourth-order valence-corrected chi connectivity index (χ4v) is 3.75. The average Bonchev–Trinajstić information content (AvgIpc) is 2.96. The zero-order valence-corrected chi connectivity index (χ0v) is 16.1. The maximum atomic E-state index is 12.7. The van der Waals surface area contributed by atoms with Crippen LogP contribution in [0.5, 0.6) is 0 Å². The highest BCUT2D eigenvalue weighted by Gasteiger charge is 2.19. The zero-order valence-electron chi connectivity index (χ0n) is 13.8. The largest absolute Gasteiger partial charge is 0.269 e. The summed E-state index contributed by atoms with van der Waals surface area (Å²) in [6.45, 7) is 1.69. The van der Waals surface area contributed by atoms with Crippen LogP contribution in [0, 0.1) is 17.0 Å². The lowest BCUT2D eigenvalue weighted by molar-refractivity contribution is -0.384. The van der Waals surface area contributed by atoms with E-state index < -0.39 is 14.9 Å². The van der Waals surface area contributed by atoms with E-state index in [1.54, 1.807) is 6.92 Å². The second kappa shape index (κ2) is 7.18. The number of sulfonamides is 1. The van der Waals surface area contributed by atoms with Gasteiger partial charge in [-0.15, -0.1) is 0 Å². The SMILES string of the molecule is Cc1cc(NS(=O)(=O)c2ccc(Cl)c(Cl)c2)n(-c2ccc([N+](=O)[O-])cc2)n1. The van der Waals surface area contributed by atoms with E-state index in [-0.39, 0.29) is 26.4 Å². The summed E-state index contributed by atoms with van der Waals surface area (Å²) in [4.78, 5) is 10.2. The zero-order chi connectivity index (χ0) is 19.8. The number of hydrogen-bond acceptors (Lipinski definition) is 5. The molecule has 0 spiro atoms. The van der Waals surface area contributed by atoms with Gasteiger partial charge in [-0.2, -0.15) is 5.10 Å². The lowest BCUT2D eigenvalue weighted by atomic mass is 10.3. The molecule has 1 N–H and O–H groups in total. The molecule has 0 saturated carbocycles. The Bertz CT molecular complexity index is 1130. The third kappa shape index (κ3) is 4.05. The van der Waals surface area contributed by atoms with Gasteiger partial charge < -0.3 is 0 Å². The summed E-state index contributed by atoms with van der Waals surface area (Å²) in [6.07, 6.45) is 0. The summed E-state index contributed by atoms with van der Waals surface area (Å²) in [5.41, 5.74) is 0.932. The Morgan fingerprint density at radius 3 is 2.33 bits per heavy atom. The number of anilines is 1. The first-order valence-electron chi connectivity index (χ1n) is 7.47. The van der Waals surface area contributed by atoms with E-state index in [4.69, 9.17) is 23.2 Å². The summed E-state index contributed by atoms with van der Waals surface area (Å²) in [5, 5.41) is 15.4. The Hall–Kier alpha value is -2.62. The van der Waals surface area contributed by atoms with Crippen LogP contribution in [0.1, 0.15) is 5.69 Å². The Kier molecular flexibility index (Phi) is 5.09. The number of rotatable bonds is 5. The molecule has 1 heterocycles. The van der Waals surface area contributed by atoms with E-state index in [0.29, 0.717) is 11.4 Å². The van der Waals surface area contributed by atoms with Crippen molar-refractivity contribution >= 4 is 44.7 Å². The molecule has 8 nitrogen and oxygen atoms in total. The quantitative estimate of drug-likeness (QED) is 0.485. The van der Waals surface area contributed by atoms with Crippen LogP contribution in [-0.4, -0.2) is 23.1 Å². The number of aromatic nitrogens is 2. The number of non-ortho nitro benzene ring substituents is 1. The Morgan fingerprint density at radius 1 is 1.07 bits per heavy atom. The number of hydrogen-bond donors (Lipinski definition) is 1. The fourth-order valence-electron chi connectivity index (χ4n) is 2.33. The molecule has 0 amide bonds. The summed E-state index contributed by atoms with van der Waals surface area (Å²) >= 11 is 11.7. The molecule has 1 aromatic heterocycles. The molecule has 0 bridgehead atoms. The van der Waals surface area contributed by atoms with Crippen molar-refractivity contribution in [3.63, 3.8) is 0 Å². The maximum Gasteiger partial charge on any atom is 0.269 e. The summed E-state index contributed by atoms with van der Waals surface area (Å²) in [5.74, 6) is 0.174. The lowest BCUT2D eigenvalue weighted by Crippen LogP contribution is -2.16. The number of halogens is 2. The van der Waals surface area contributed by atoms with Crippen molar-refractivity contribution in [2.24, 2.45) is 0 Å². The minimum atomic E-state index is -3.95. The molecule has 0 unspecified atom stereocenters. The minimum Gasteiger partial charge on any atom is -0.263 e. The van der Waals surface area contributed by atoms with Crippen LogP contribution in [0.2, 0.25) is 10.0 Å². The van der Waals surface area contributed by atoms with Crippen LogP contribution in [0.4, 0.5) is 11.5 Å². The van der Waals surface area contributed by atoms with E-state index in [1.165, 1.54) is 53.2 Å². The molecular formula is C16H12Cl2N4O4S. The van der Waals surface area contributed by atoms with E-state index in [9.17, 15) is 18.5 Å². The van der Waals surface area contributed by atoms with Crippen molar-refractivity contribution in [1.82, 2.24) is 9.78 Å². The number of benzene rings is 2. The van der Waals surface area contributed by atoms with Gasteiger partial charge in [0.05, 0.1) is 31.2 Å². The third-order valence-corrected chi connectivity index (χ3v) is 5.67. The molecular weight excluding hydrogens is 415 g/mol. The molecule has 27 heavy (non-hydrogen) atoms. The first kappa shape index (κ1) is 19.2. The van der Waals surface area contributed by atoms with Gasteiger partial charge in [-0.1, -0.05) is 23.2 Å². The first-order valence-corrected chi connectivity index (χ1v) is 9.70. The second-order valence-electron chi connectivity index (χ2n) is 5.54. The summed E-state index contributed by atoms with van der Waals surface area (Å²) < 4.78 is 29.1. The Labute approximate surface area is 164 Å². The highest BCUT2D eigenvalue weighted by Crippen LogP contribution is 2.27. The van der Waals surface area contributed by atoms with Crippen LogP contribution >= 0.6 is 23.2 Å². The Balaban J connectivity index is 1.98. The first-order chi connectivity index (χ1) is 12.7. The standard InChI is InChI=1S/C16H12Cl2N4O4S/c1-10-8-16(20-27(25,26)13-6-7-14(17)15(18)9-13)21(19-10)11-2-4-12(5-3-11)22(23)24/h2-9,20H,1H3. The smallest absolute Gasteiger partial charge is 0.263 e. The van der Waals surface area contributed by atoms with Gasteiger partial charge in [0.2, 0.25) is 0 Å². The predicted octanol–water partition coefficient (Wildman–Crippen LogP) is 4.20. The van der Waals surface area contributed by atoms with Gasteiger partial charge in [0.15, 0.2) is 0 Å². The lowest BCUT2D eigenvalue weighted by Gasteiger charge is -2.11. The minimum absolute atomic E-state index is 0.0639. The van der Waals surface area contributed by atoms with E-state index in [2.05, 4.69) is 9.82 Å².